The molecule has 1 aliphatic rings. The summed E-state index contributed by atoms with van der Waals surface area (Å²) in [7, 11) is 0. The number of oxazole rings is 1. The Labute approximate surface area is 99.0 Å². The van der Waals surface area contributed by atoms with Gasteiger partial charge in [0.15, 0.2) is 5.58 Å². The monoisotopic (exact) mass is 232 g/mol. The number of fused-ring (bicyclic) bond motifs is 1. The third-order valence-corrected chi connectivity index (χ3v) is 3.46. The Balaban J connectivity index is 2.06. The van der Waals surface area contributed by atoms with Gasteiger partial charge in [-0.2, -0.15) is 0 Å². The molecule has 1 saturated heterocycles. The molecule has 4 heteroatoms. The minimum Gasteiger partial charge on any atom is -0.408 e. The van der Waals surface area contributed by atoms with Gasteiger partial charge in [-0.15, -0.1) is 0 Å². The van der Waals surface area contributed by atoms with Gasteiger partial charge in [0, 0.05) is 18.0 Å². The lowest BCUT2D eigenvalue weighted by Gasteiger charge is -2.14. The molecule has 0 bridgehead atoms. The summed E-state index contributed by atoms with van der Waals surface area (Å²) in [5.74, 6) is 0.0779. The van der Waals surface area contributed by atoms with Gasteiger partial charge < -0.3 is 9.73 Å². The molecule has 0 amide bonds. The Bertz CT molecular complexity index is 562. The fourth-order valence-electron chi connectivity index (χ4n) is 2.60. The first-order valence-corrected chi connectivity index (χ1v) is 6.17. The number of aromatic amines is 1. The van der Waals surface area contributed by atoms with E-state index in [1.54, 1.807) is 0 Å². The molecule has 0 aliphatic carbocycles. The summed E-state index contributed by atoms with van der Waals surface area (Å²) in [6.45, 7) is 2.05. The van der Waals surface area contributed by atoms with Crippen molar-refractivity contribution in [3.05, 3.63) is 34.3 Å². The van der Waals surface area contributed by atoms with Crippen molar-refractivity contribution < 1.29 is 4.42 Å². The van der Waals surface area contributed by atoms with Crippen molar-refractivity contribution in [3.63, 3.8) is 0 Å². The van der Waals surface area contributed by atoms with E-state index in [-0.39, 0.29) is 5.76 Å². The van der Waals surface area contributed by atoms with Crippen molar-refractivity contribution in [1.82, 2.24) is 10.3 Å². The standard InChI is InChI=1S/C13H16N2O2/c16-13-15-11-6-3-5-10(12(11)17-13)9-4-1-2-7-14-8-9/h3,5-6,9,14H,1-2,4,7-8H2,(H,15,16). The Morgan fingerprint density at radius 2 is 2.24 bits per heavy atom. The zero-order chi connectivity index (χ0) is 11.7. The second-order valence-electron chi connectivity index (χ2n) is 4.64. The van der Waals surface area contributed by atoms with Gasteiger partial charge in [-0.3, -0.25) is 4.98 Å². The Morgan fingerprint density at radius 1 is 1.29 bits per heavy atom. The first kappa shape index (κ1) is 10.6. The fraction of sp³-hybridized carbons (Fsp3) is 0.462. The Kier molecular flexibility index (Phi) is 2.73. The summed E-state index contributed by atoms with van der Waals surface area (Å²) in [6.07, 6.45) is 3.60. The molecule has 3 rings (SSSR count). The molecule has 0 spiro atoms. The molecular weight excluding hydrogens is 216 g/mol. The molecule has 1 aliphatic heterocycles. The van der Waals surface area contributed by atoms with Crippen LogP contribution >= 0.6 is 0 Å². The zero-order valence-electron chi connectivity index (χ0n) is 9.66. The number of para-hydroxylation sites is 1. The van der Waals surface area contributed by atoms with E-state index in [2.05, 4.69) is 16.4 Å². The van der Waals surface area contributed by atoms with Gasteiger partial charge in [0.1, 0.15) is 0 Å². The Hall–Kier alpha value is -1.55. The van der Waals surface area contributed by atoms with Gasteiger partial charge in [0.25, 0.3) is 0 Å². The lowest BCUT2D eigenvalue weighted by atomic mass is 9.94. The van der Waals surface area contributed by atoms with Crippen LogP contribution in [0, 0.1) is 0 Å². The quantitative estimate of drug-likeness (QED) is 0.790. The summed E-state index contributed by atoms with van der Waals surface area (Å²) in [5.41, 5.74) is 2.68. The molecule has 1 fully saturated rings. The van der Waals surface area contributed by atoms with Crippen molar-refractivity contribution in [3.8, 4) is 0 Å². The lowest BCUT2D eigenvalue weighted by Crippen LogP contribution is -2.19. The molecule has 1 unspecified atom stereocenters. The molecule has 2 heterocycles. The van der Waals surface area contributed by atoms with Crippen LogP contribution in [0.15, 0.2) is 27.4 Å². The lowest BCUT2D eigenvalue weighted by molar-refractivity contribution is 0.539. The molecule has 1 aromatic carbocycles. The topological polar surface area (TPSA) is 58.0 Å². The predicted molar refractivity (Wildman–Crippen MR) is 66.3 cm³/mol. The Morgan fingerprint density at radius 3 is 3.18 bits per heavy atom. The van der Waals surface area contributed by atoms with Crippen LogP contribution in [0.5, 0.6) is 0 Å². The summed E-state index contributed by atoms with van der Waals surface area (Å²) < 4.78 is 5.25. The highest BCUT2D eigenvalue weighted by molar-refractivity contribution is 5.76. The van der Waals surface area contributed by atoms with Gasteiger partial charge in [0.2, 0.25) is 0 Å². The number of nitrogens with one attached hydrogen (secondary N) is 2. The number of benzene rings is 1. The third kappa shape index (κ3) is 2.00. The number of rotatable bonds is 1. The number of H-pyrrole nitrogens is 1. The normalized spacial score (nSPS) is 21.5. The van der Waals surface area contributed by atoms with Gasteiger partial charge in [0.05, 0.1) is 5.52 Å². The average molecular weight is 232 g/mol. The second-order valence-corrected chi connectivity index (χ2v) is 4.64. The largest absolute Gasteiger partial charge is 0.417 e. The smallest absolute Gasteiger partial charge is 0.408 e. The molecule has 0 saturated carbocycles. The summed E-state index contributed by atoms with van der Waals surface area (Å²) in [5, 5.41) is 3.44. The van der Waals surface area contributed by atoms with Crippen LogP contribution in [0.4, 0.5) is 0 Å². The fourth-order valence-corrected chi connectivity index (χ4v) is 2.60. The average Bonchev–Trinajstić information content (AvgIpc) is 2.55. The van der Waals surface area contributed by atoms with Crippen LogP contribution in [0.25, 0.3) is 11.1 Å². The van der Waals surface area contributed by atoms with Crippen LogP contribution in [0.3, 0.4) is 0 Å². The van der Waals surface area contributed by atoms with E-state index in [4.69, 9.17) is 4.42 Å². The molecule has 2 N–H and O–H groups in total. The van der Waals surface area contributed by atoms with Crippen LogP contribution in [0.1, 0.15) is 30.7 Å². The number of hydrogen-bond donors (Lipinski definition) is 2. The van der Waals surface area contributed by atoms with Crippen molar-refractivity contribution in [2.75, 3.05) is 13.1 Å². The summed E-state index contributed by atoms with van der Waals surface area (Å²) >= 11 is 0. The van der Waals surface area contributed by atoms with E-state index < -0.39 is 0 Å². The van der Waals surface area contributed by atoms with E-state index in [1.165, 1.54) is 12.8 Å². The minimum absolute atomic E-state index is 0.367. The number of aromatic nitrogens is 1. The van der Waals surface area contributed by atoms with E-state index in [1.807, 2.05) is 12.1 Å². The van der Waals surface area contributed by atoms with Crippen molar-refractivity contribution in [2.45, 2.75) is 25.2 Å². The van der Waals surface area contributed by atoms with Crippen molar-refractivity contribution >= 4 is 11.1 Å². The molecule has 0 radical (unpaired) electrons. The maximum Gasteiger partial charge on any atom is 0.417 e. The van der Waals surface area contributed by atoms with E-state index in [0.717, 1.165) is 36.2 Å². The molecule has 17 heavy (non-hydrogen) atoms. The maximum atomic E-state index is 11.3. The van der Waals surface area contributed by atoms with Gasteiger partial charge in [-0.25, -0.2) is 4.79 Å². The van der Waals surface area contributed by atoms with Crippen LogP contribution < -0.4 is 11.1 Å². The van der Waals surface area contributed by atoms with Crippen molar-refractivity contribution in [2.24, 2.45) is 0 Å². The van der Waals surface area contributed by atoms with E-state index in [9.17, 15) is 4.79 Å². The first-order valence-electron chi connectivity index (χ1n) is 6.17. The first-order chi connectivity index (χ1) is 8.34. The van der Waals surface area contributed by atoms with E-state index in [0.29, 0.717) is 5.92 Å². The molecular formula is C13H16N2O2. The minimum atomic E-state index is -0.367. The third-order valence-electron chi connectivity index (χ3n) is 3.46. The van der Waals surface area contributed by atoms with Gasteiger partial charge in [-0.05, 0) is 25.5 Å². The second kappa shape index (κ2) is 4.37. The SMILES string of the molecule is O=c1[nH]c2cccc(C3CCCCNC3)c2o1. The van der Waals surface area contributed by atoms with Crippen LogP contribution in [-0.2, 0) is 0 Å². The highest BCUT2D eigenvalue weighted by atomic mass is 16.4. The zero-order valence-corrected chi connectivity index (χ0v) is 9.66. The maximum absolute atomic E-state index is 11.3. The summed E-state index contributed by atoms with van der Waals surface area (Å²) in [6, 6.07) is 5.93. The molecule has 1 atom stereocenters. The summed E-state index contributed by atoms with van der Waals surface area (Å²) in [4.78, 5) is 14.0. The van der Waals surface area contributed by atoms with Crippen LogP contribution in [-0.4, -0.2) is 18.1 Å². The molecule has 1 aromatic heterocycles. The highest BCUT2D eigenvalue weighted by Crippen LogP contribution is 2.28. The highest BCUT2D eigenvalue weighted by Gasteiger charge is 2.18. The number of hydrogen-bond acceptors (Lipinski definition) is 3. The van der Waals surface area contributed by atoms with Crippen molar-refractivity contribution in [1.29, 1.82) is 0 Å². The molecule has 90 valence electrons. The molecule has 2 aromatic rings. The predicted octanol–water partition coefficient (Wildman–Crippen LogP) is 1.98. The van der Waals surface area contributed by atoms with Gasteiger partial charge in [-0.1, -0.05) is 18.6 Å². The molecule has 4 nitrogen and oxygen atoms in total. The van der Waals surface area contributed by atoms with E-state index >= 15 is 0 Å². The van der Waals surface area contributed by atoms with Gasteiger partial charge >= 0.3 is 5.76 Å². The van der Waals surface area contributed by atoms with Crippen LogP contribution in [0.2, 0.25) is 0 Å².